The van der Waals surface area contributed by atoms with Gasteiger partial charge in [0.2, 0.25) is 0 Å². The minimum absolute atomic E-state index is 0.302. The number of hydrogen-bond donors (Lipinski definition) is 0. The molecule has 1 spiro atoms. The minimum Gasteiger partial charge on any atom is -0.456 e. The van der Waals surface area contributed by atoms with E-state index in [1.165, 1.54) is 0 Å². The lowest BCUT2D eigenvalue weighted by molar-refractivity contribution is 0.0224. The van der Waals surface area contributed by atoms with Crippen molar-refractivity contribution < 1.29 is 14.3 Å². The van der Waals surface area contributed by atoms with Gasteiger partial charge >= 0.3 is 5.97 Å². The molecule has 0 saturated carbocycles. The summed E-state index contributed by atoms with van der Waals surface area (Å²) >= 11 is 0. The summed E-state index contributed by atoms with van der Waals surface area (Å²) < 4.78 is 12.5. The number of esters is 1. The van der Waals surface area contributed by atoms with Crippen molar-refractivity contribution >= 4 is 11.7 Å². The Bertz CT molecular complexity index is 1150. The quantitative estimate of drug-likeness (QED) is 0.568. The number of rotatable bonds is 1. The smallest absolute Gasteiger partial charge is 0.340 e. The summed E-state index contributed by atoms with van der Waals surface area (Å²) in [6, 6.07) is 17.8. The van der Waals surface area contributed by atoms with E-state index in [2.05, 4.69) is 19.9 Å². The molecule has 0 aliphatic carbocycles. The molecule has 3 aromatic rings. The van der Waals surface area contributed by atoms with Crippen LogP contribution in [0.1, 0.15) is 38.2 Å². The molecule has 0 aromatic heterocycles. The van der Waals surface area contributed by atoms with Gasteiger partial charge in [0.15, 0.2) is 5.60 Å². The normalized spacial score (nSPS) is 18.8. The largest absolute Gasteiger partial charge is 0.456 e. The van der Waals surface area contributed by atoms with Crippen LogP contribution in [0.3, 0.4) is 0 Å². The van der Waals surface area contributed by atoms with E-state index >= 15 is 0 Å². The van der Waals surface area contributed by atoms with Crippen LogP contribution in [0.4, 0.5) is 5.69 Å². The van der Waals surface area contributed by atoms with Crippen LogP contribution in [0.15, 0.2) is 54.6 Å². The van der Waals surface area contributed by atoms with Crippen molar-refractivity contribution in [3.05, 3.63) is 88.0 Å². The fourth-order valence-corrected chi connectivity index (χ4v) is 4.19. The molecule has 2 aliphatic heterocycles. The first-order valence-corrected chi connectivity index (χ1v) is 9.36. The molecule has 1 atom stereocenters. The van der Waals surface area contributed by atoms with Crippen LogP contribution in [0.2, 0.25) is 0 Å². The number of fused-ring (bicyclic) bond motifs is 6. The fraction of sp³-hybridized carbons (Fsp3) is 0.208. The molecule has 2 aliphatic rings. The second kappa shape index (κ2) is 5.61. The topological polar surface area (TPSA) is 38.8 Å². The van der Waals surface area contributed by atoms with Crippen LogP contribution in [0.25, 0.3) is 0 Å². The maximum Gasteiger partial charge on any atom is 0.340 e. The number of ether oxygens (including phenoxy) is 2. The van der Waals surface area contributed by atoms with Gasteiger partial charge in [0, 0.05) is 42.5 Å². The van der Waals surface area contributed by atoms with Crippen molar-refractivity contribution in [1.29, 1.82) is 0 Å². The van der Waals surface area contributed by atoms with Gasteiger partial charge in [0.25, 0.3) is 0 Å². The standard InChI is InChI=1S/C24H21NO3/c1-14-11-20-21(12-15(14)2)27-22-13-16(25(3)4)9-10-19(22)24(20)18-8-6-5-7-17(18)23(26)28-24/h5-13H,1-4H3. The third-order valence-electron chi connectivity index (χ3n) is 5.83. The van der Waals surface area contributed by atoms with Crippen molar-refractivity contribution in [3.8, 4) is 11.5 Å². The van der Waals surface area contributed by atoms with Crippen molar-refractivity contribution in [2.75, 3.05) is 19.0 Å². The van der Waals surface area contributed by atoms with Crippen molar-refractivity contribution in [2.24, 2.45) is 0 Å². The molecule has 0 N–H and O–H groups in total. The molecule has 0 saturated heterocycles. The predicted octanol–water partition coefficient (Wildman–Crippen LogP) is 4.94. The maximum atomic E-state index is 12.8. The van der Waals surface area contributed by atoms with E-state index < -0.39 is 5.60 Å². The van der Waals surface area contributed by atoms with Gasteiger partial charge in [0.1, 0.15) is 11.5 Å². The summed E-state index contributed by atoms with van der Waals surface area (Å²) in [5, 5.41) is 0. The Morgan fingerprint density at radius 2 is 1.54 bits per heavy atom. The lowest BCUT2D eigenvalue weighted by Crippen LogP contribution is -2.33. The van der Waals surface area contributed by atoms with Crippen LogP contribution < -0.4 is 9.64 Å². The number of anilines is 1. The molecule has 0 bridgehead atoms. The van der Waals surface area contributed by atoms with Gasteiger partial charge in [-0.2, -0.15) is 0 Å². The summed E-state index contributed by atoms with van der Waals surface area (Å²) in [5.41, 5.74) is 5.52. The number of benzene rings is 3. The summed E-state index contributed by atoms with van der Waals surface area (Å²) in [7, 11) is 3.99. The van der Waals surface area contributed by atoms with Gasteiger partial charge in [-0.05, 0) is 55.3 Å². The van der Waals surface area contributed by atoms with E-state index in [0.717, 1.165) is 39.3 Å². The van der Waals surface area contributed by atoms with Gasteiger partial charge < -0.3 is 14.4 Å². The molecule has 2 heterocycles. The van der Waals surface area contributed by atoms with Crippen LogP contribution in [0.5, 0.6) is 11.5 Å². The highest BCUT2D eigenvalue weighted by Gasteiger charge is 2.53. The molecule has 0 radical (unpaired) electrons. The second-order valence-electron chi connectivity index (χ2n) is 7.73. The first-order valence-electron chi connectivity index (χ1n) is 9.36. The molecule has 140 valence electrons. The maximum absolute atomic E-state index is 12.8. The van der Waals surface area contributed by atoms with Crippen LogP contribution in [0, 0.1) is 13.8 Å². The zero-order chi connectivity index (χ0) is 19.6. The Hall–Kier alpha value is -3.27. The molecule has 4 nitrogen and oxygen atoms in total. The Morgan fingerprint density at radius 1 is 0.821 bits per heavy atom. The SMILES string of the molecule is Cc1cc2c(cc1C)C1(OC(=O)c3ccccc31)c1ccc(N(C)C)cc1O2. The van der Waals surface area contributed by atoms with Crippen molar-refractivity contribution in [3.63, 3.8) is 0 Å². The van der Waals surface area contributed by atoms with Gasteiger partial charge in [-0.15, -0.1) is 0 Å². The molecule has 1 unspecified atom stereocenters. The summed E-state index contributed by atoms with van der Waals surface area (Å²) in [4.78, 5) is 14.8. The third-order valence-corrected chi connectivity index (χ3v) is 5.83. The number of aryl methyl sites for hydroxylation is 2. The Balaban J connectivity index is 1.88. The van der Waals surface area contributed by atoms with Crippen LogP contribution in [-0.4, -0.2) is 20.1 Å². The van der Waals surface area contributed by atoms with Crippen LogP contribution >= 0.6 is 0 Å². The first kappa shape index (κ1) is 16.9. The van der Waals surface area contributed by atoms with Gasteiger partial charge in [0.05, 0.1) is 5.56 Å². The third kappa shape index (κ3) is 2.09. The Morgan fingerprint density at radius 3 is 2.32 bits per heavy atom. The van der Waals surface area contributed by atoms with Gasteiger partial charge in [-0.3, -0.25) is 0 Å². The Kier molecular flexibility index (Phi) is 3.38. The summed E-state index contributed by atoms with van der Waals surface area (Å²) in [6.45, 7) is 4.13. The molecule has 4 heteroatoms. The monoisotopic (exact) mass is 371 g/mol. The molecule has 28 heavy (non-hydrogen) atoms. The highest BCUT2D eigenvalue weighted by molar-refractivity contribution is 5.97. The minimum atomic E-state index is -0.986. The van der Waals surface area contributed by atoms with E-state index in [4.69, 9.17) is 9.47 Å². The number of nitrogens with zero attached hydrogens (tertiary/aromatic N) is 1. The zero-order valence-corrected chi connectivity index (χ0v) is 16.4. The molecular weight excluding hydrogens is 350 g/mol. The summed E-state index contributed by atoms with van der Waals surface area (Å²) in [6.07, 6.45) is 0. The highest BCUT2D eigenvalue weighted by Crippen LogP contribution is 2.56. The Labute approximate surface area is 164 Å². The average molecular weight is 371 g/mol. The number of carbonyl (C=O) groups excluding carboxylic acids is 1. The highest BCUT2D eigenvalue weighted by atomic mass is 16.6. The molecule has 3 aromatic carbocycles. The lowest BCUT2D eigenvalue weighted by Gasteiger charge is -2.37. The molecule has 5 rings (SSSR count). The number of hydrogen-bond acceptors (Lipinski definition) is 4. The van der Waals surface area contributed by atoms with Crippen molar-refractivity contribution in [1.82, 2.24) is 0 Å². The molecule has 0 fully saturated rings. The van der Waals surface area contributed by atoms with E-state index in [-0.39, 0.29) is 5.97 Å². The van der Waals surface area contributed by atoms with Crippen LogP contribution in [-0.2, 0) is 10.3 Å². The van der Waals surface area contributed by atoms with E-state index in [1.807, 2.05) is 67.5 Å². The second-order valence-corrected chi connectivity index (χ2v) is 7.73. The lowest BCUT2D eigenvalue weighted by atomic mass is 9.77. The fourth-order valence-electron chi connectivity index (χ4n) is 4.19. The molecule has 0 amide bonds. The van der Waals surface area contributed by atoms with Gasteiger partial charge in [-0.1, -0.05) is 18.2 Å². The van der Waals surface area contributed by atoms with Gasteiger partial charge in [-0.25, -0.2) is 4.79 Å². The average Bonchev–Trinajstić information content (AvgIpc) is 2.97. The van der Waals surface area contributed by atoms with E-state index in [1.54, 1.807) is 0 Å². The first-order chi connectivity index (χ1) is 13.4. The summed E-state index contributed by atoms with van der Waals surface area (Å²) in [5.74, 6) is 1.15. The zero-order valence-electron chi connectivity index (χ0n) is 16.4. The predicted molar refractivity (Wildman–Crippen MR) is 108 cm³/mol. The number of carbonyl (C=O) groups is 1. The molecular formula is C24H21NO3. The van der Waals surface area contributed by atoms with Crippen molar-refractivity contribution in [2.45, 2.75) is 19.4 Å². The van der Waals surface area contributed by atoms with E-state index in [0.29, 0.717) is 11.3 Å². The van der Waals surface area contributed by atoms with E-state index in [9.17, 15) is 4.79 Å².